The second-order valence-corrected chi connectivity index (χ2v) is 3.68. The summed E-state index contributed by atoms with van der Waals surface area (Å²) in [4.78, 5) is 0. The molecule has 0 aliphatic carbocycles. The highest BCUT2D eigenvalue weighted by Gasteiger charge is 2.07. The molecule has 0 saturated heterocycles. The number of nitrogen functional groups attached to an aromatic ring is 1. The fourth-order valence-electron chi connectivity index (χ4n) is 1.16. The quantitative estimate of drug-likeness (QED) is 0.831. The molecule has 2 aromatic rings. The molecule has 0 unspecified atom stereocenters. The maximum atomic E-state index is 5.94. The van der Waals surface area contributed by atoms with E-state index in [2.05, 4.69) is 14.9 Å². The second-order valence-electron chi connectivity index (χ2n) is 3.27. The molecular weight excluding hydrogens is 230 g/mol. The molecular formula is C10H10ClN3O2. The number of rotatable bonds is 3. The summed E-state index contributed by atoms with van der Waals surface area (Å²) in [7, 11) is 0. The van der Waals surface area contributed by atoms with Gasteiger partial charge in [0.25, 0.3) is 0 Å². The van der Waals surface area contributed by atoms with Crippen molar-refractivity contribution in [3.63, 3.8) is 0 Å². The molecule has 1 heterocycles. The molecule has 0 fully saturated rings. The summed E-state index contributed by atoms with van der Waals surface area (Å²) in [6.07, 6.45) is 0. The van der Waals surface area contributed by atoms with Crippen LogP contribution in [0.1, 0.15) is 11.4 Å². The summed E-state index contributed by atoms with van der Waals surface area (Å²) >= 11 is 5.94. The SMILES string of the molecule is Cc1nonc1COc1cc(N)ccc1Cl. The van der Waals surface area contributed by atoms with Crippen molar-refractivity contribution < 1.29 is 9.37 Å². The van der Waals surface area contributed by atoms with E-state index in [0.29, 0.717) is 27.8 Å². The Morgan fingerprint density at radius 1 is 1.44 bits per heavy atom. The predicted molar refractivity (Wildman–Crippen MR) is 59.2 cm³/mol. The van der Waals surface area contributed by atoms with Crippen LogP contribution in [-0.4, -0.2) is 10.3 Å². The number of anilines is 1. The molecule has 0 saturated carbocycles. The lowest BCUT2D eigenvalue weighted by atomic mass is 10.3. The smallest absolute Gasteiger partial charge is 0.145 e. The number of hydrogen-bond acceptors (Lipinski definition) is 5. The first-order chi connectivity index (χ1) is 7.66. The van der Waals surface area contributed by atoms with Crippen molar-refractivity contribution in [3.8, 4) is 5.75 Å². The number of nitrogens with zero attached hydrogens (tertiary/aromatic N) is 2. The molecule has 0 atom stereocenters. The van der Waals surface area contributed by atoms with Crippen LogP contribution in [0.4, 0.5) is 5.69 Å². The molecule has 6 heteroatoms. The number of ether oxygens (including phenoxy) is 1. The molecule has 84 valence electrons. The van der Waals surface area contributed by atoms with Crippen molar-refractivity contribution >= 4 is 17.3 Å². The zero-order chi connectivity index (χ0) is 11.5. The van der Waals surface area contributed by atoms with Crippen molar-refractivity contribution in [2.75, 3.05) is 5.73 Å². The van der Waals surface area contributed by atoms with Gasteiger partial charge in [-0.3, -0.25) is 0 Å². The molecule has 2 N–H and O–H groups in total. The van der Waals surface area contributed by atoms with Gasteiger partial charge < -0.3 is 10.5 Å². The molecule has 1 aromatic heterocycles. The molecule has 5 nitrogen and oxygen atoms in total. The third kappa shape index (κ3) is 2.25. The standard InChI is InChI=1S/C10H10ClN3O2/c1-6-9(14-16-13-6)5-15-10-4-7(12)2-3-8(10)11/h2-4H,5,12H2,1H3. The normalized spacial score (nSPS) is 10.4. The first-order valence-corrected chi connectivity index (χ1v) is 5.00. The first-order valence-electron chi connectivity index (χ1n) is 4.62. The number of hydrogen-bond donors (Lipinski definition) is 1. The Balaban J connectivity index is 2.10. The van der Waals surface area contributed by atoms with Gasteiger partial charge in [-0.15, -0.1) is 0 Å². The monoisotopic (exact) mass is 239 g/mol. The van der Waals surface area contributed by atoms with Gasteiger partial charge in [0.15, 0.2) is 0 Å². The topological polar surface area (TPSA) is 74.2 Å². The van der Waals surface area contributed by atoms with Crippen LogP contribution >= 0.6 is 11.6 Å². The van der Waals surface area contributed by atoms with E-state index in [1.807, 2.05) is 0 Å². The highest BCUT2D eigenvalue weighted by Crippen LogP contribution is 2.27. The summed E-state index contributed by atoms with van der Waals surface area (Å²) in [6, 6.07) is 5.05. The lowest BCUT2D eigenvalue weighted by Gasteiger charge is -2.06. The van der Waals surface area contributed by atoms with Gasteiger partial charge in [-0.2, -0.15) is 0 Å². The van der Waals surface area contributed by atoms with Crippen molar-refractivity contribution in [1.29, 1.82) is 0 Å². The number of aryl methyl sites for hydroxylation is 1. The van der Waals surface area contributed by atoms with Crippen LogP contribution in [0.25, 0.3) is 0 Å². The zero-order valence-corrected chi connectivity index (χ0v) is 9.36. The average Bonchev–Trinajstić information content (AvgIpc) is 2.66. The second kappa shape index (κ2) is 4.40. The van der Waals surface area contributed by atoms with E-state index in [-0.39, 0.29) is 6.61 Å². The van der Waals surface area contributed by atoms with E-state index in [4.69, 9.17) is 22.1 Å². The Morgan fingerprint density at radius 2 is 2.25 bits per heavy atom. The molecule has 16 heavy (non-hydrogen) atoms. The molecule has 1 aromatic carbocycles. The fraction of sp³-hybridized carbons (Fsp3) is 0.200. The van der Waals surface area contributed by atoms with E-state index in [1.165, 1.54) is 0 Å². The minimum atomic E-state index is 0.249. The van der Waals surface area contributed by atoms with Gasteiger partial charge >= 0.3 is 0 Å². The Morgan fingerprint density at radius 3 is 2.94 bits per heavy atom. The van der Waals surface area contributed by atoms with E-state index >= 15 is 0 Å². The van der Waals surface area contributed by atoms with Crippen LogP contribution in [0.3, 0.4) is 0 Å². The highest BCUT2D eigenvalue weighted by molar-refractivity contribution is 6.32. The fourth-order valence-corrected chi connectivity index (χ4v) is 1.33. The van der Waals surface area contributed by atoms with Gasteiger partial charge in [0.2, 0.25) is 0 Å². The molecule has 0 radical (unpaired) electrons. The Labute approximate surface area is 97.1 Å². The molecule has 0 spiro atoms. The minimum Gasteiger partial charge on any atom is -0.485 e. The number of nitrogens with two attached hydrogens (primary N) is 1. The van der Waals surface area contributed by atoms with Crippen molar-refractivity contribution in [3.05, 3.63) is 34.6 Å². The Hall–Kier alpha value is -1.75. The molecule has 0 aliphatic heterocycles. The maximum Gasteiger partial charge on any atom is 0.145 e. The zero-order valence-electron chi connectivity index (χ0n) is 8.61. The van der Waals surface area contributed by atoms with Crippen LogP contribution in [0.5, 0.6) is 5.75 Å². The molecule has 0 bridgehead atoms. The largest absolute Gasteiger partial charge is 0.485 e. The van der Waals surface area contributed by atoms with E-state index in [9.17, 15) is 0 Å². The van der Waals surface area contributed by atoms with E-state index in [0.717, 1.165) is 0 Å². The van der Waals surface area contributed by atoms with Crippen molar-refractivity contribution in [2.45, 2.75) is 13.5 Å². The van der Waals surface area contributed by atoms with Crippen LogP contribution in [0.2, 0.25) is 5.02 Å². The molecule has 0 amide bonds. The summed E-state index contributed by atoms with van der Waals surface area (Å²) < 4.78 is 10.0. The van der Waals surface area contributed by atoms with Gasteiger partial charge in [-0.05, 0) is 19.1 Å². The van der Waals surface area contributed by atoms with Crippen molar-refractivity contribution in [1.82, 2.24) is 10.3 Å². The van der Waals surface area contributed by atoms with Crippen molar-refractivity contribution in [2.24, 2.45) is 0 Å². The van der Waals surface area contributed by atoms with Gasteiger partial charge in [-0.1, -0.05) is 21.9 Å². The first kappa shape index (κ1) is 10.8. The van der Waals surface area contributed by atoms with Gasteiger partial charge in [0.1, 0.15) is 23.7 Å². The minimum absolute atomic E-state index is 0.249. The Kier molecular flexibility index (Phi) is 2.96. The Bertz CT molecular complexity index is 499. The van der Waals surface area contributed by atoms with E-state index < -0.39 is 0 Å². The lowest BCUT2D eigenvalue weighted by Crippen LogP contribution is -1.99. The number of benzene rings is 1. The third-order valence-corrected chi connectivity index (χ3v) is 2.38. The van der Waals surface area contributed by atoms with E-state index in [1.54, 1.807) is 25.1 Å². The van der Waals surface area contributed by atoms with Crippen LogP contribution < -0.4 is 10.5 Å². The third-order valence-electron chi connectivity index (χ3n) is 2.07. The predicted octanol–water partition coefficient (Wildman–Crippen LogP) is 2.19. The van der Waals surface area contributed by atoms with Crippen LogP contribution in [0.15, 0.2) is 22.8 Å². The molecule has 2 rings (SSSR count). The summed E-state index contributed by atoms with van der Waals surface area (Å²) in [6.45, 7) is 2.04. The van der Waals surface area contributed by atoms with Gasteiger partial charge in [0.05, 0.1) is 5.02 Å². The number of halogens is 1. The summed E-state index contributed by atoms with van der Waals surface area (Å²) in [5, 5.41) is 7.85. The summed E-state index contributed by atoms with van der Waals surface area (Å²) in [5.41, 5.74) is 7.55. The number of aromatic nitrogens is 2. The van der Waals surface area contributed by atoms with Crippen LogP contribution in [-0.2, 0) is 6.61 Å². The summed E-state index contributed by atoms with van der Waals surface area (Å²) in [5.74, 6) is 0.518. The van der Waals surface area contributed by atoms with Crippen LogP contribution in [0, 0.1) is 6.92 Å². The average molecular weight is 240 g/mol. The van der Waals surface area contributed by atoms with Gasteiger partial charge in [-0.25, -0.2) is 4.63 Å². The lowest BCUT2D eigenvalue weighted by molar-refractivity contribution is 0.270. The van der Waals surface area contributed by atoms with Gasteiger partial charge in [0, 0.05) is 11.8 Å². The maximum absolute atomic E-state index is 5.94. The highest BCUT2D eigenvalue weighted by atomic mass is 35.5. The molecule has 0 aliphatic rings.